The summed E-state index contributed by atoms with van der Waals surface area (Å²) in [5, 5.41) is 13.5. The van der Waals surface area contributed by atoms with Crippen molar-refractivity contribution in [2.75, 3.05) is 0 Å². The van der Waals surface area contributed by atoms with Crippen LogP contribution in [0.3, 0.4) is 0 Å². The zero-order chi connectivity index (χ0) is 16.5. The summed E-state index contributed by atoms with van der Waals surface area (Å²) in [5.41, 5.74) is 0.866. The first kappa shape index (κ1) is 14.9. The largest absolute Gasteiger partial charge is 0.422 e. The van der Waals surface area contributed by atoms with Crippen LogP contribution in [0.25, 0.3) is 16.7 Å². The van der Waals surface area contributed by atoms with Crippen molar-refractivity contribution in [3.63, 3.8) is 0 Å². The van der Waals surface area contributed by atoms with Crippen molar-refractivity contribution in [1.29, 1.82) is 0 Å². The normalized spacial score (nSPS) is 11.0. The highest BCUT2D eigenvalue weighted by Gasteiger charge is 2.14. The standard InChI is InChI=1S/C16H9ClN4O2S/c17-11-5-7-12(8-6-11)21-16(18-19-20-21)24-14-9-10-3-1-2-4-13(10)23-15(14)22/h1-9H. The summed E-state index contributed by atoms with van der Waals surface area (Å²) in [6.45, 7) is 0. The van der Waals surface area contributed by atoms with Gasteiger partial charge in [0.05, 0.1) is 5.69 Å². The second kappa shape index (κ2) is 6.10. The van der Waals surface area contributed by atoms with Crippen molar-refractivity contribution in [3.05, 3.63) is 70.0 Å². The number of nitrogens with zero attached hydrogens (tertiary/aromatic N) is 4. The molecular formula is C16H9ClN4O2S. The lowest BCUT2D eigenvalue weighted by Gasteiger charge is -2.04. The van der Waals surface area contributed by atoms with Crippen LogP contribution in [0.2, 0.25) is 5.02 Å². The number of rotatable bonds is 3. The number of aromatic nitrogens is 4. The highest BCUT2D eigenvalue weighted by molar-refractivity contribution is 7.99. The van der Waals surface area contributed by atoms with Gasteiger partial charge in [-0.25, -0.2) is 4.79 Å². The quantitative estimate of drug-likeness (QED) is 0.522. The molecule has 0 atom stereocenters. The molecule has 118 valence electrons. The minimum Gasteiger partial charge on any atom is -0.422 e. The number of halogens is 1. The lowest BCUT2D eigenvalue weighted by atomic mass is 10.2. The van der Waals surface area contributed by atoms with E-state index >= 15 is 0 Å². The predicted molar refractivity (Wildman–Crippen MR) is 90.8 cm³/mol. The second-order valence-corrected chi connectivity index (χ2v) is 6.33. The summed E-state index contributed by atoms with van der Waals surface area (Å²) in [6.07, 6.45) is 0. The Morgan fingerprint density at radius 3 is 2.71 bits per heavy atom. The van der Waals surface area contributed by atoms with E-state index in [0.29, 0.717) is 20.7 Å². The van der Waals surface area contributed by atoms with Gasteiger partial charge in [0, 0.05) is 10.4 Å². The van der Waals surface area contributed by atoms with E-state index in [2.05, 4.69) is 15.5 Å². The van der Waals surface area contributed by atoms with Gasteiger partial charge in [0.25, 0.3) is 0 Å². The molecule has 0 aliphatic rings. The molecule has 0 unspecified atom stereocenters. The van der Waals surface area contributed by atoms with Crippen LogP contribution in [-0.2, 0) is 0 Å². The summed E-state index contributed by atoms with van der Waals surface area (Å²) < 4.78 is 6.87. The average molecular weight is 357 g/mol. The van der Waals surface area contributed by atoms with E-state index in [1.54, 1.807) is 36.4 Å². The zero-order valence-corrected chi connectivity index (χ0v) is 13.7. The SMILES string of the molecule is O=c1oc2ccccc2cc1Sc1nnnn1-c1ccc(Cl)cc1. The third-order valence-corrected chi connectivity index (χ3v) is 4.52. The summed E-state index contributed by atoms with van der Waals surface area (Å²) in [4.78, 5) is 12.6. The fourth-order valence-electron chi connectivity index (χ4n) is 2.20. The molecule has 0 aliphatic carbocycles. The highest BCUT2D eigenvalue weighted by Crippen LogP contribution is 2.27. The summed E-state index contributed by atoms with van der Waals surface area (Å²) in [7, 11) is 0. The lowest BCUT2D eigenvalue weighted by Crippen LogP contribution is -2.04. The first-order chi connectivity index (χ1) is 11.7. The van der Waals surface area contributed by atoms with E-state index in [1.807, 2.05) is 18.2 Å². The Bertz CT molecular complexity index is 1080. The maximum Gasteiger partial charge on any atom is 0.350 e. The van der Waals surface area contributed by atoms with E-state index in [-0.39, 0.29) is 0 Å². The fourth-order valence-corrected chi connectivity index (χ4v) is 3.14. The monoisotopic (exact) mass is 356 g/mol. The Morgan fingerprint density at radius 2 is 1.88 bits per heavy atom. The van der Waals surface area contributed by atoms with Gasteiger partial charge in [-0.1, -0.05) is 29.8 Å². The van der Waals surface area contributed by atoms with Crippen molar-refractivity contribution >= 4 is 34.3 Å². The zero-order valence-electron chi connectivity index (χ0n) is 12.1. The van der Waals surface area contributed by atoms with Crippen molar-refractivity contribution < 1.29 is 4.42 Å². The Kier molecular flexibility index (Phi) is 3.79. The third kappa shape index (κ3) is 2.79. The van der Waals surface area contributed by atoms with Gasteiger partial charge < -0.3 is 4.42 Å². The van der Waals surface area contributed by atoms with E-state index < -0.39 is 5.63 Å². The smallest absolute Gasteiger partial charge is 0.350 e. The Balaban J connectivity index is 1.74. The fraction of sp³-hybridized carbons (Fsp3) is 0. The molecule has 0 N–H and O–H groups in total. The number of fused-ring (bicyclic) bond motifs is 1. The molecule has 0 bridgehead atoms. The molecule has 6 nitrogen and oxygen atoms in total. The second-order valence-electron chi connectivity index (χ2n) is 4.89. The Hall–Kier alpha value is -2.64. The molecular weight excluding hydrogens is 348 g/mol. The van der Waals surface area contributed by atoms with Gasteiger partial charge in [0.1, 0.15) is 10.5 Å². The van der Waals surface area contributed by atoms with Crippen LogP contribution in [0.1, 0.15) is 0 Å². The van der Waals surface area contributed by atoms with Gasteiger partial charge in [-0.3, -0.25) is 0 Å². The van der Waals surface area contributed by atoms with Gasteiger partial charge in [-0.2, -0.15) is 4.68 Å². The van der Waals surface area contributed by atoms with Gasteiger partial charge in [-0.15, -0.1) is 5.10 Å². The van der Waals surface area contributed by atoms with Crippen LogP contribution in [0.5, 0.6) is 0 Å². The van der Waals surface area contributed by atoms with E-state index in [1.165, 1.54) is 4.68 Å². The summed E-state index contributed by atoms with van der Waals surface area (Å²) in [5.74, 6) is 0. The van der Waals surface area contributed by atoms with Gasteiger partial charge in [-0.05, 0) is 58.6 Å². The number of tetrazole rings is 1. The Morgan fingerprint density at radius 1 is 1.08 bits per heavy atom. The molecule has 0 fully saturated rings. The van der Waals surface area contributed by atoms with Crippen LogP contribution in [0.4, 0.5) is 0 Å². The summed E-state index contributed by atoms with van der Waals surface area (Å²) in [6, 6.07) is 16.2. The van der Waals surface area contributed by atoms with Crippen molar-refractivity contribution in [2.45, 2.75) is 10.1 Å². The van der Waals surface area contributed by atoms with Crippen LogP contribution < -0.4 is 5.63 Å². The van der Waals surface area contributed by atoms with Crippen molar-refractivity contribution in [3.8, 4) is 5.69 Å². The molecule has 2 aromatic heterocycles. The molecule has 0 radical (unpaired) electrons. The molecule has 0 saturated carbocycles. The van der Waals surface area contributed by atoms with E-state index in [4.69, 9.17) is 16.0 Å². The van der Waals surface area contributed by atoms with Crippen molar-refractivity contribution in [1.82, 2.24) is 20.2 Å². The maximum absolute atomic E-state index is 12.2. The maximum atomic E-state index is 12.2. The van der Waals surface area contributed by atoms with Crippen molar-refractivity contribution in [2.24, 2.45) is 0 Å². The van der Waals surface area contributed by atoms with Crippen LogP contribution >= 0.6 is 23.4 Å². The topological polar surface area (TPSA) is 73.8 Å². The van der Waals surface area contributed by atoms with Gasteiger partial charge in [0.15, 0.2) is 0 Å². The highest BCUT2D eigenvalue weighted by atomic mass is 35.5. The number of hydrogen-bond donors (Lipinski definition) is 0. The summed E-state index contributed by atoms with van der Waals surface area (Å²) >= 11 is 7.05. The molecule has 4 aromatic rings. The molecule has 0 saturated heterocycles. The molecule has 8 heteroatoms. The minimum atomic E-state index is -0.427. The first-order valence-corrected chi connectivity index (χ1v) is 8.15. The molecule has 0 aliphatic heterocycles. The molecule has 2 aromatic carbocycles. The van der Waals surface area contributed by atoms with E-state index in [0.717, 1.165) is 22.8 Å². The van der Waals surface area contributed by atoms with Gasteiger partial charge in [0.2, 0.25) is 5.16 Å². The van der Waals surface area contributed by atoms with Crippen LogP contribution in [0.15, 0.2) is 73.9 Å². The van der Waals surface area contributed by atoms with Gasteiger partial charge >= 0.3 is 5.63 Å². The molecule has 0 spiro atoms. The number of hydrogen-bond acceptors (Lipinski definition) is 6. The lowest BCUT2D eigenvalue weighted by molar-refractivity contribution is 0.543. The predicted octanol–water partition coefficient (Wildman–Crippen LogP) is 3.57. The Labute approximate surface area is 145 Å². The molecule has 0 amide bonds. The van der Waals surface area contributed by atoms with Crippen LogP contribution in [0, 0.1) is 0 Å². The van der Waals surface area contributed by atoms with Crippen LogP contribution in [-0.4, -0.2) is 20.2 Å². The number of benzene rings is 2. The molecule has 4 rings (SSSR count). The third-order valence-electron chi connectivity index (χ3n) is 3.32. The molecule has 2 heterocycles. The minimum absolute atomic E-state index is 0.415. The molecule has 24 heavy (non-hydrogen) atoms. The number of para-hydroxylation sites is 1. The average Bonchev–Trinajstić information content (AvgIpc) is 3.04. The first-order valence-electron chi connectivity index (χ1n) is 6.96. The van der Waals surface area contributed by atoms with E-state index in [9.17, 15) is 4.79 Å².